The van der Waals surface area contributed by atoms with Crippen molar-refractivity contribution in [1.29, 1.82) is 0 Å². The summed E-state index contributed by atoms with van der Waals surface area (Å²) in [5.74, 6) is 0. The summed E-state index contributed by atoms with van der Waals surface area (Å²) < 4.78 is 0. The molecule has 0 spiro atoms. The Balaban J connectivity index is 1.90. The van der Waals surface area contributed by atoms with E-state index in [0.29, 0.717) is 0 Å². The van der Waals surface area contributed by atoms with Crippen LogP contribution in [-0.2, 0) is 6.42 Å². The second-order valence-electron chi connectivity index (χ2n) is 3.87. The molecule has 0 bridgehead atoms. The van der Waals surface area contributed by atoms with Crippen LogP contribution in [0.5, 0.6) is 0 Å². The zero-order valence-electron chi connectivity index (χ0n) is 8.22. The van der Waals surface area contributed by atoms with Crippen LogP contribution >= 0.6 is 0 Å². The molecule has 1 aromatic rings. The molecule has 68 valence electrons. The van der Waals surface area contributed by atoms with Gasteiger partial charge < -0.3 is 0 Å². The van der Waals surface area contributed by atoms with Crippen LogP contribution in [0.3, 0.4) is 0 Å². The molecule has 0 nitrogen and oxygen atoms in total. The van der Waals surface area contributed by atoms with Gasteiger partial charge in [0, 0.05) is 0 Å². The highest BCUT2D eigenvalue weighted by Crippen LogP contribution is 2.32. The normalized spacial score (nSPS) is 14.4. The minimum atomic E-state index is 1.20. The lowest BCUT2D eigenvalue weighted by molar-refractivity contribution is 0.936. The van der Waals surface area contributed by atoms with Crippen molar-refractivity contribution in [2.45, 2.75) is 32.6 Å². The third kappa shape index (κ3) is 2.45. The average molecular weight is 172 g/mol. The van der Waals surface area contributed by atoms with Crippen molar-refractivity contribution in [3.8, 4) is 0 Å². The van der Waals surface area contributed by atoms with Crippen LogP contribution in [0.1, 0.15) is 31.7 Å². The second-order valence-corrected chi connectivity index (χ2v) is 3.87. The third-order valence-corrected chi connectivity index (χ3v) is 2.74. The zero-order valence-corrected chi connectivity index (χ0v) is 8.22. The minimum absolute atomic E-state index is 1.20. The smallest absolute Gasteiger partial charge is 0.0241 e. The Kier molecular flexibility index (Phi) is 2.49. The highest BCUT2D eigenvalue weighted by atomic mass is 14.2. The van der Waals surface area contributed by atoms with Gasteiger partial charge >= 0.3 is 0 Å². The lowest BCUT2D eigenvalue weighted by Crippen LogP contribution is -1.85. The van der Waals surface area contributed by atoms with Gasteiger partial charge in [0.15, 0.2) is 0 Å². The molecular weight excluding hydrogens is 156 g/mol. The Morgan fingerprint density at radius 3 is 2.46 bits per heavy atom. The molecule has 1 aliphatic carbocycles. The van der Waals surface area contributed by atoms with Gasteiger partial charge in [0.05, 0.1) is 0 Å². The van der Waals surface area contributed by atoms with E-state index in [0.717, 1.165) is 0 Å². The van der Waals surface area contributed by atoms with Gasteiger partial charge in [0.1, 0.15) is 0 Å². The highest BCUT2D eigenvalue weighted by Gasteiger charge is 2.13. The largest absolute Gasteiger partial charge is 0.0738 e. The molecule has 0 saturated heterocycles. The molecule has 0 amide bonds. The van der Waals surface area contributed by atoms with E-state index >= 15 is 0 Å². The maximum atomic E-state index is 2.28. The molecular formula is C13H16. The number of hydrogen-bond acceptors (Lipinski definition) is 0. The molecule has 0 aliphatic heterocycles. The van der Waals surface area contributed by atoms with Crippen molar-refractivity contribution in [2.24, 2.45) is 0 Å². The van der Waals surface area contributed by atoms with Crippen molar-refractivity contribution in [3.05, 3.63) is 47.0 Å². The molecule has 0 unspecified atom stereocenters. The van der Waals surface area contributed by atoms with E-state index in [9.17, 15) is 0 Å². The van der Waals surface area contributed by atoms with Crippen LogP contribution in [0, 0.1) is 0 Å². The van der Waals surface area contributed by atoms with E-state index < -0.39 is 0 Å². The lowest BCUT2D eigenvalue weighted by Gasteiger charge is -2.00. The van der Waals surface area contributed by atoms with Gasteiger partial charge in [-0.3, -0.25) is 0 Å². The van der Waals surface area contributed by atoms with Crippen LogP contribution in [-0.4, -0.2) is 0 Å². The summed E-state index contributed by atoms with van der Waals surface area (Å²) in [6.07, 6.45) is 5.18. The quantitative estimate of drug-likeness (QED) is 0.609. The van der Waals surface area contributed by atoms with Gasteiger partial charge in [-0.1, -0.05) is 41.5 Å². The van der Waals surface area contributed by atoms with E-state index in [1.165, 1.54) is 31.2 Å². The predicted molar refractivity (Wildman–Crippen MR) is 56.7 cm³/mol. The predicted octanol–water partition coefficient (Wildman–Crippen LogP) is 3.73. The Morgan fingerprint density at radius 2 is 1.85 bits per heavy atom. The van der Waals surface area contributed by atoms with Crippen molar-refractivity contribution < 1.29 is 0 Å². The molecule has 0 heterocycles. The molecule has 1 fully saturated rings. The van der Waals surface area contributed by atoms with E-state index in [2.05, 4.69) is 37.3 Å². The summed E-state index contributed by atoms with van der Waals surface area (Å²) in [5, 5.41) is 0. The fourth-order valence-electron chi connectivity index (χ4n) is 1.64. The Hall–Kier alpha value is -1.04. The van der Waals surface area contributed by atoms with Crippen molar-refractivity contribution in [3.63, 3.8) is 0 Å². The van der Waals surface area contributed by atoms with Gasteiger partial charge in [-0.15, -0.1) is 0 Å². The zero-order chi connectivity index (χ0) is 9.10. The van der Waals surface area contributed by atoms with Gasteiger partial charge in [-0.05, 0) is 38.2 Å². The SMILES string of the molecule is CC(CCc1ccccc1)=C1CC1. The van der Waals surface area contributed by atoms with Crippen LogP contribution in [0.15, 0.2) is 41.5 Å². The molecule has 0 heteroatoms. The van der Waals surface area contributed by atoms with E-state index in [1.54, 1.807) is 11.1 Å². The second kappa shape index (κ2) is 3.78. The first-order chi connectivity index (χ1) is 6.36. The number of rotatable bonds is 3. The first kappa shape index (κ1) is 8.55. The summed E-state index contributed by atoms with van der Waals surface area (Å²) in [4.78, 5) is 0. The van der Waals surface area contributed by atoms with Crippen molar-refractivity contribution >= 4 is 0 Å². The molecule has 13 heavy (non-hydrogen) atoms. The van der Waals surface area contributed by atoms with Crippen LogP contribution in [0.4, 0.5) is 0 Å². The maximum Gasteiger partial charge on any atom is -0.0241 e. The van der Waals surface area contributed by atoms with Crippen LogP contribution in [0.2, 0.25) is 0 Å². The van der Waals surface area contributed by atoms with Crippen molar-refractivity contribution in [2.75, 3.05) is 0 Å². The molecule has 0 N–H and O–H groups in total. The van der Waals surface area contributed by atoms with Crippen molar-refractivity contribution in [1.82, 2.24) is 0 Å². The van der Waals surface area contributed by atoms with Crippen LogP contribution in [0.25, 0.3) is 0 Å². The summed E-state index contributed by atoms with van der Waals surface area (Å²) in [6, 6.07) is 10.7. The molecule has 1 saturated carbocycles. The molecule has 0 atom stereocenters. The fraction of sp³-hybridized carbons (Fsp3) is 0.385. The van der Waals surface area contributed by atoms with E-state index in [1.807, 2.05) is 0 Å². The van der Waals surface area contributed by atoms with Gasteiger partial charge in [-0.2, -0.15) is 0 Å². The summed E-state index contributed by atoms with van der Waals surface area (Å²) in [7, 11) is 0. The lowest BCUT2D eigenvalue weighted by atomic mass is 10.1. The third-order valence-electron chi connectivity index (χ3n) is 2.74. The first-order valence-corrected chi connectivity index (χ1v) is 5.07. The summed E-state index contributed by atoms with van der Waals surface area (Å²) >= 11 is 0. The van der Waals surface area contributed by atoms with Gasteiger partial charge in [0.2, 0.25) is 0 Å². The molecule has 0 radical (unpaired) electrons. The Morgan fingerprint density at radius 1 is 1.15 bits per heavy atom. The number of allylic oxidation sites excluding steroid dienone is 2. The number of hydrogen-bond donors (Lipinski definition) is 0. The van der Waals surface area contributed by atoms with Gasteiger partial charge in [-0.25, -0.2) is 0 Å². The fourth-order valence-corrected chi connectivity index (χ4v) is 1.64. The monoisotopic (exact) mass is 172 g/mol. The average Bonchev–Trinajstić information content (AvgIpc) is 2.99. The Labute approximate surface area is 80.3 Å². The maximum absolute atomic E-state index is 2.28. The molecule has 0 aromatic heterocycles. The highest BCUT2D eigenvalue weighted by molar-refractivity contribution is 5.25. The summed E-state index contributed by atoms with van der Waals surface area (Å²) in [6.45, 7) is 2.28. The number of aryl methyl sites for hydroxylation is 1. The molecule has 1 aliphatic rings. The Bertz CT molecular complexity index is 300. The topological polar surface area (TPSA) is 0 Å². The number of benzene rings is 1. The van der Waals surface area contributed by atoms with E-state index in [-0.39, 0.29) is 0 Å². The van der Waals surface area contributed by atoms with Crippen LogP contribution < -0.4 is 0 Å². The minimum Gasteiger partial charge on any atom is -0.0738 e. The first-order valence-electron chi connectivity index (χ1n) is 5.07. The molecule has 1 aromatic carbocycles. The molecule has 2 rings (SSSR count). The standard InChI is InChI=1S/C13H16/c1-11(13-9-10-13)7-8-12-5-3-2-4-6-12/h2-6H,7-10H2,1H3. The van der Waals surface area contributed by atoms with E-state index in [4.69, 9.17) is 0 Å². The summed E-state index contributed by atoms with van der Waals surface area (Å²) in [5.41, 5.74) is 4.79. The van der Waals surface area contributed by atoms with Gasteiger partial charge in [0.25, 0.3) is 0 Å².